The van der Waals surface area contributed by atoms with Crippen LogP contribution < -0.4 is 4.90 Å². The number of halogens is 1. The van der Waals surface area contributed by atoms with Crippen molar-refractivity contribution in [1.29, 1.82) is 0 Å². The first-order valence-electron chi connectivity index (χ1n) is 7.87. The first-order valence-corrected chi connectivity index (χ1v) is 7.87. The molecule has 0 aliphatic carbocycles. The number of nitrogens with zero attached hydrogens (tertiary/aromatic N) is 1. The maximum Gasteiger partial charge on any atom is 0.227 e. The molecule has 0 unspecified atom stereocenters. The zero-order valence-corrected chi connectivity index (χ0v) is 14.0. The summed E-state index contributed by atoms with van der Waals surface area (Å²) in [6.07, 6.45) is 3.11. The van der Waals surface area contributed by atoms with Gasteiger partial charge in [-0.15, -0.1) is 0 Å². The minimum absolute atomic E-state index is 0.0465. The van der Waals surface area contributed by atoms with Gasteiger partial charge in [-0.2, -0.15) is 0 Å². The molecule has 0 radical (unpaired) electrons. The summed E-state index contributed by atoms with van der Waals surface area (Å²) in [7, 11) is 0. The van der Waals surface area contributed by atoms with Gasteiger partial charge in [-0.05, 0) is 42.0 Å². The molecule has 0 aromatic heterocycles. The number of unbranched alkanes of at least 4 members (excludes halogenated alkanes) is 1. The van der Waals surface area contributed by atoms with Crippen molar-refractivity contribution in [2.75, 3.05) is 11.4 Å². The summed E-state index contributed by atoms with van der Waals surface area (Å²) in [6.45, 7) is 10.9. The number of aryl methyl sites for hydroxylation is 1. The highest BCUT2D eigenvalue weighted by atomic mass is 19.1. The van der Waals surface area contributed by atoms with E-state index < -0.39 is 0 Å². The van der Waals surface area contributed by atoms with Gasteiger partial charge in [0.15, 0.2) is 0 Å². The Morgan fingerprint density at radius 3 is 2.43 bits per heavy atom. The first kappa shape index (κ1) is 17.7. The van der Waals surface area contributed by atoms with Crippen LogP contribution in [0.4, 0.5) is 10.1 Å². The summed E-state index contributed by atoms with van der Waals surface area (Å²) in [5.74, 6) is -0.0791. The molecule has 0 bridgehead atoms. The summed E-state index contributed by atoms with van der Waals surface area (Å²) in [6, 6.07) is 4.99. The molecule has 118 valence electrons. The second-order valence-electron chi connectivity index (χ2n) is 6.77. The van der Waals surface area contributed by atoms with Gasteiger partial charge in [-0.1, -0.05) is 41.0 Å². The molecule has 0 aliphatic heterocycles. The molecule has 0 N–H and O–H groups in total. The van der Waals surface area contributed by atoms with E-state index >= 15 is 0 Å². The van der Waals surface area contributed by atoms with E-state index in [0.717, 1.165) is 18.5 Å². The van der Waals surface area contributed by atoms with Crippen LogP contribution in [0.2, 0.25) is 0 Å². The topological polar surface area (TPSA) is 20.3 Å². The Labute approximate surface area is 128 Å². The summed E-state index contributed by atoms with van der Waals surface area (Å²) in [5, 5.41) is 0. The van der Waals surface area contributed by atoms with Crippen molar-refractivity contribution in [2.45, 2.75) is 60.3 Å². The molecule has 0 saturated carbocycles. The molecule has 0 aliphatic rings. The van der Waals surface area contributed by atoms with Crippen molar-refractivity contribution in [2.24, 2.45) is 5.41 Å². The number of benzene rings is 1. The van der Waals surface area contributed by atoms with Gasteiger partial charge in [0, 0.05) is 18.7 Å². The van der Waals surface area contributed by atoms with Gasteiger partial charge in [0.25, 0.3) is 0 Å². The third kappa shape index (κ3) is 5.49. The van der Waals surface area contributed by atoms with E-state index in [-0.39, 0.29) is 17.1 Å². The molecule has 1 rings (SSSR count). The number of anilines is 1. The second-order valence-corrected chi connectivity index (χ2v) is 6.77. The number of rotatable bonds is 6. The Bertz CT molecular complexity index is 477. The van der Waals surface area contributed by atoms with Gasteiger partial charge in [0.2, 0.25) is 5.91 Å². The average Bonchev–Trinajstić information content (AvgIpc) is 2.38. The van der Waals surface area contributed by atoms with E-state index in [2.05, 4.69) is 27.7 Å². The molecule has 21 heavy (non-hydrogen) atoms. The highest BCUT2D eigenvalue weighted by molar-refractivity contribution is 5.93. The highest BCUT2D eigenvalue weighted by Gasteiger charge is 2.22. The van der Waals surface area contributed by atoms with Crippen LogP contribution >= 0.6 is 0 Å². The van der Waals surface area contributed by atoms with Crippen LogP contribution in [0.5, 0.6) is 0 Å². The van der Waals surface area contributed by atoms with E-state index in [1.54, 1.807) is 6.07 Å². The Kier molecular flexibility index (Phi) is 6.38. The third-order valence-corrected chi connectivity index (χ3v) is 3.44. The molecule has 0 spiro atoms. The normalized spacial score (nSPS) is 11.5. The predicted octanol–water partition coefficient (Wildman–Crippen LogP) is 4.96. The highest BCUT2D eigenvalue weighted by Crippen LogP contribution is 2.25. The number of carbonyl (C=O) groups excluding carboxylic acids is 1. The zero-order chi connectivity index (χ0) is 16.0. The van der Waals surface area contributed by atoms with Crippen LogP contribution in [0.1, 0.15) is 59.4 Å². The van der Waals surface area contributed by atoms with Crippen molar-refractivity contribution in [3.05, 3.63) is 29.6 Å². The van der Waals surface area contributed by atoms with Crippen LogP contribution in [0.15, 0.2) is 18.2 Å². The molecule has 3 heteroatoms. The quantitative estimate of drug-likeness (QED) is 0.726. The van der Waals surface area contributed by atoms with Crippen LogP contribution in [-0.4, -0.2) is 12.5 Å². The summed E-state index contributed by atoms with van der Waals surface area (Å²) in [5.41, 5.74) is 1.43. The fourth-order valence-electron chi connectivity index (χ4n) is 2.26. The number of amides is 1. The van der Waals surface area contributed by atoms with Gasteiger partial charge >= 0.3 is 0 Å². The largest absolute Gasteiger partial charge is 0.312 e. The van der Waals surface area contributed by atoms with Crippen molar-refractivity contribution in [3.8, 4) is 0 Å². The molecule has 1 aromatic rings. The van der Waals surface area contributed by atoms with Gasteiger partial charge < -0.3 is 4.90 Å². The van der Waals surface area contributed by atoms with E-state index in [0.29, 0.717) is 24.9 Å². The van der Waals surface area contributed by atoms with E-state index in [1.165, 1.54) is 6.07 Å². The summed E-state index contributed by atoms with van der Waals surface area (Å²) in [4.78, 5) is 14.4. The van der Waals surface area contributed by atoms with Crippen molar-refractivity contribution in [3.63, 3.8) is 0 Å². The third-order valence-electron chi connectivity index (χ3n) is 3.44. The fraction of sp³-hybridized carbons (Fsp3) is 0.611. The molecule has 0 atom stereocenters. The lowest BCUT2D eigenvalue weighted by Crippen LogP contribution is -2.34. The number of hydrogen-bond donors (Lipinski definition) is 0. The van der Waals surface area contributed by atoms with Crippen LogP contribution in [0, 0.1) is 11.2 Å². The Morgan fingerprint density at radius 2 is 1.90 bits per heavy atom. The van der Waals surface area contributed by atoms with Crippen LogP contribution in [0.25, 0.3) is 0 Å². The van der Waals surface area contributed by atoms with Crippen LogP contribution in [-0.2, 0) is 11.2 Å². The van der Waals surface area contributed by atoms with Gasteiger partial charge in [-0.25, -0.2) is 4.39 Å². The first-order chi connectivity index (χ1) is 9.78. The second kappa shape index (κ2) is 7.58. The minimum Gasteiger partial charge on any atom is -0.312 e. The van der Waals surface area contributed by atoms with E-state index in [9.17, 15) is 9.18 Å². The molecule has 0 fully saturated rings. The van der Waals surface area contributed by atoms with E-state index in [1.807, 2.05) is 17.9 Å². The van der Waals surface area contributed by atoms with Crippen molar-refractivity contribution >= 4 is 11.6 Å². The molecule has 0 saturated heterocycles. The predicted molar refractivity (Wildman–Crippen MR) is 87.1 cm³/mol. The summed E-state index contributed by atoms with van der Waals surface area (Å²) >= 11 is 0. The lowest BCUT2D eigenvalue weighted by molar-refractivity contribution is -0.120. The van der Waals surface area contributed by atoms with Crippen molar-refractivity contribution in [1.82, 2.24) is 0 Å². The standard InChI is InChI=1S/C18H28FNO/c1-6-8-11-20(17(21)13-18(3,4)5)15-9-10-16(19)14(7-2)12-15/h9-10,12H,6-8,11,13H2,1-5H3. The summed E-state index contributed by atoms with van der Waals surface area (Å²) < 4.78 is 13.7. The number of hydrogen-bond acceptors (Lipinski definition) is 1. The van der Waals surface area contributed by atoms with Crippen LogP contribution in [0.3, 0.4) is 0 Å². The Hall–Kier alpha value is -1.38. The van der Waals surface area contributed by atoms with E-state index in [4.69, 9.17) is 0 Å². The average molecular weight is 293 g/mol. The maximum absolute atomic E-state index is 13.7. The molecular formula is C18H28FNO. The smallest absolute Gasteiger partial charge is 0.227 e. The Morgan fingerprint density at radius 1 is 1.24 bits per heavy atom. The molecule has 0 heterocycles. The molecule has 2 nitrogen and oxygen atoms in total. The SMILES string of the molecule is CCCCN(C(=O)CC(C)(C)C)c1ccc(F)c(CC)c1. The molecule has 1 amide bonds. The zero-order valence-electron chi connectivity index (χ0n) is 14.0. The minimum atomic E-state index is -0.194. The molecular weight excluding hydrogens is 265 g/mol. The van der Waals surface area contributed by atoms with Gasteiger partial charge in [0.1, 0.15) is 5.82 Å². The van der Waals surface area contributed by atoms with Gasteiger partial charge in [0.05, 0.1) is 0 Å². The lowest BCUT2D eigenvalue weighted by Gasteiger charge is -2.27. The van der Waals surface area contributed by atoms with Gasteiger partial charge in [-0.3, -0.25) is 4.79 Å². The van der Waals surface area contributed by atoms with Crippen molar-refractivity contribution < 1.29 is 9.18 Å². The fourth-order valence-corrected chi connectivity index (χ4v) is 2.26. The maximum atomic E-state index is 13.7. The Balaban J connectivity index is 3.04. The lowest BCUT2D eigenvalue weighted by atomic mass is 9.91. The number of carbonyl (C=O) groups is 1. The molecule has 1 aromatic carbocycles. The monoisotopic (exact) mass is 293 g/mol.